The second-order valence-electron chi connectivity index (χ2n) is 7.15. The van der Waals surface area contributed by atoms with E-state index < -0.39 is 31.1 Å². The number of aromatic amines is 1. The Hall–Kier alpha value is -3.56. The first-order chi connectivity index (χ1) is 14.2. The van der Waals surface area contributed by atoms with Gasteiger partial charge in [-0.05, 0) is 36.2 Å². The van der Waals surface area contributed by atoms with E-state index in [0.717, 1.165) is 22.2 Å². The lowest BCUT2D eigenvalue weighted by Gasteiger charge is -2.16. The quantitative estimate of drug-likeness (QED) is 0.595. The highest BCUT2D eigenvalue weighted by atomic mass is 19.4. The molecule has 7 nitrogen and oxygen atoms in total. The molecule has 2 aromatic carbocycles. The Balaban J connectivity index is 1.52. The summed E-state index contributed by atoms with van der Waals surface area (Å²) in [6.45, 7) is 0.225. The third-order valence-electron chi connectivity index (χ3n) is 4.86. The molecule has 1 aromatic heterocycles. The number of nitrogens with zero attached hydrogens (tertiary/aromatic N) is 2. The van der Waals surface area contributed by atoms with Gasteiger partial charge >= 0.3 is 6.18 Å². The van der Waals surface area contributed by atoms with Crippen LogP contribution in [0.25, 0.3) is 10.9 Å². The molecule has 30 heavy (non-hydrogen) atoms. The van der Waals surface area contributed by atoms with Gasteiger partial charge in [0.25, 0.3) is 5.91 Å². The molecule has 2 heterocycles. The first kappa shape index (κ1) is 19.7. The number of H-pyrrole nitrogens is 1. The fourth-order valence-electron chi connectivity index (χ4n) is 3.54. The Bertz CT molecular complexity index is 1140. The maximum Gasteiger partial charge on any atom is 0.405 e. The molecule has 0 atom stereocenters. The van der Waals surface area contributed by atoms with E-state index in [9.17, 15) is 22.8 Å². The summed E-state index contributed by atoms with van der Waals surface area (Å²) >= 11 is 0. The minimum absolute atomic E-state index is 0.156. The van der Waals surface area contributed by atoms with Crippen molar-refractivity contribution in [3.8, 4) is 0 Å². The normalized spacial score (nSPS) is 13.6. The predicted octanol–water partition coefficient (Wildman–Crippen LogP) is 3.25. The molecule has 0 saturated carbocycles. The molecule has 0 unspecified atom stereocenters. The number of aryl methyl sites for hydroxylation is 1. The van der Waals surface area contributed by atoms with Crippen LogP contribution < -0.4 is 10.6 Å². The van der Waals surface area contributed by atoms with Gasteiger partial charge in [0, 0.05) is 17.6 Å². The van der Waals surface area contributed by atoms with Crippen molar-refractivity contribution in [2.45, 2.75) is 19.6 Å². The van der Waals surface area contributed by atoms with Crippen LogP contribution in [0.15, 0.2) is 36.5 Å². The lowest BCUT2D eigenvalue weighted by Crippen LogP contribution is -2.41. The largest absolute Gasteiger partial charge is 0.405 e. The van der Waals surface area contributed by atoms with Gasteiger partial charge in [-0.3, -0.25) is 14.7 Å². The highest BCUT2D eigenvalue weighted by Gasteiger charge is 2.32. The van der Waals surface area contributed by atoms with E-state index in [-0.39, 0.29) is 6.54 Å². The van der Waals surface area contributed by atoms with Crippen LogP contribution in [0.1, 0.15) is 21.5 Å². The zero-order valence-electron chi connectivity index (χ0n) is 15.9. The fraction of sp³-hybridized carbons (Fsp3) is 0.250. The second kappa shape index (κ2) is 7.36. The number of rotatable bonds is 5. The average Bonchev–Trinajstić information content (AvgIpc) is 3.25. The number of aromatic nitrogens is 2. The third-order valence-corrected chi connectivity index (χ3v) is 4.86. The molecule has 0 bridgehead atoms. The molecule has 1 aliphatic heterocycles. The van der Waals surface area contributed by atoms with Crippen molar-refractivity contribution < 1.29 is 22.8 Å². The standard InChI is InChI=1S/C20H18F3N5O2/c1-11-5-14(6-13-7-25-27-18(11)13)26-15-4-2-3-12-8-28(19(30)17(12)15)9-16(29)24-10-20(21,22)23/h2-7,26H,8-10H2,1H3,(H,24,29)(H,25,27). The molecule has 3 N–H and O–H groups in total. The number of halogens is 3. The maximum atomic E-state index is 12.9. The second-order valence-corrected chi connectivity index (χ2v) is 7.15. The number of alkyl halides is 3. The first-order valence-corrected chi connectivity index (χ1v) is 9.16. The number of carbonyl (C=O) groups is 2. The molecule has 1 aliphatic rings. The van der Waals surface area contributed by atoms with Crippen molar-refractivity contribution in [3.63, 3.8) is 0 Å². The van der Waals surface area contributed by atoms with Gasteiger partial charge in [-0.2, -0.15) is 18.3 Å². The van der Waals surface area contributed by atoms with Crippen LogP contribution in [0.4, 0.5) is 24.5 Å². The van der Waals surface area contributed by atoms with Crippen LogP contribution in [0.5, 0.6) is 0 Å². The van der Waals surface area contributed by atoms with Crippen LogP contribution in [0.2, 0.25) is 0 Å². The lowest BCUT2D eigenvalue weighted by atomic mass is 10.1. The van der Waals surface area contributed by atoms with Gasteiger partial charge in [0.05, 0.1) is 23.0 Å². The molecular weight excluding hydrogens is 399 g/mol. The first-order valence-electron chi connectivity index (χ1n) is 9.16. The number of nitrogens with one attached hydrogen (secondary N) is 3. The number of carbonyl (C=O) groups excluding carboxylic acids is 2. The number of benzene rings is 2. The van der Waals surface area contributed by atoms with E-state index in [1.165, 1.54) is 4.90 Å². The number of fused-ring (bicyclic) bond motifs is 2. The molecular formula is C20H18F3N5O2. The molecule has 0 saturated heterocycles. The molecule has 10 heteroatoms. The Kier molecular flexibility index (Phi) is 4.84. The number of hydrogen-bond acceptors (Lipinski definition) is 4. The van der Waals surface area contributed by atoms with Crippen molar-refractivity contribution in [2.24, 2.45) is 0 Å². The van der Waals surface area contributed by atoms with Crippen molar-refractivity contribution in [3.05, 3.63) is 53.2 Å². The minimum atomic E-state index is -4.50. The molecule has 2 amide bonds. The van der Waals surface area contributed by atoms with Crippen molar-refractivity contribution in [2.75, 3.05) is 18.4 Å². The van der Waals surface area contributed by atoms with Crippen LogP contribution in [-0.4, -0.2) is 46.2 Å². The highest BCUT2D eigenvalue weighted by Crippen LogP contribution is 2.32. The van der Waals surface area contributed by atoms with E-state index in [1.54, 1.807) is 29.7 Å². The minimum Gasteiger partial charge on any atom is -0.355 e. The molecule has 156 valence electrons. The molecule has 0 spiro atoms. The fourth-order valence-corrected chi connectivity index (χ4v) is 3.54. The lowest BCUT2D eigenvalue weighted by molar-refractivity contribution is -0.138. The van der Waals surface area contributed by atoms with E-state index in [4.69, 9.17) is 0 Å². The third kappa shape index (κ3) is 3.93. The van der Waals surface area contributed by atoms with E-state index in [1.807, 2.05) is 19.1 Å². The number of amides is 2. The number of anilines is 2. The van der Waals surface area contributed by atoms with Gasteiger partial charge in [0.1, 0.15) is 13.1 Å². The molecule has 0 aliphatic carbocycles. The summed E-state index contributed by atoms with van der Waals surface area (Å²) in [5.74, 6) is -1.26. The van der Waals surface area contributed by atoms with Crippen LogP contribution >= 0.6 is 0 Å². The van der Waals surface area contributed by atoms with Crippen LogP contribution in [0.3, 0.4) is 0 Å². The molecule has 0 radical (unpaired) electrons. The van der Waals surface area contributed by atoms with Gasteiger partial charge in [0.2, 0.25) is 5.91 Å². The Morgan fingerprint density at radius 2 is 2.10 bits per heavy atom. The average molecular weight is 417 g/mol. The topological polar surface area (TPSA) is 90.1 Å². The van der Waals surface area contributed by atoms with Crippen molar-refractivity contribution in [1.82, 2.24) is 20.4 Å². The zero-order valence-corrected chi connectivity index (χ0v) is 15.9. The van der Waals surface area contributed by atoms with E-state index in [0.29, 0.717) is 16.8 Å². The zero-order chi connectivity index (χ0) is 21.5. The molecule has 0 fully saturated rings. The Labute approximate surface area is 169 Å². The van der Waals surface area contributed by atoms with Crippen LogP contribution in [0, 0.1) is 6.92 Å². The Morgan fingerprint density at radius 3 is 2.87 bits per heavy atom. The monoisotopic (exact) mass is 417 g/mol. The maximum absolute atomic E-state index is 12.9. The summed E-state index contributed by atoms with van der Waals surface area (Å²) in [4.78, 5) is 25.9. The van der Waals surface area contributed by atoms with Gasteiger partial charge < -0.3 is 15.5 Å². The molecule has 3 aromatic rings. The van der Waals surface area contributed by atoms with Crippen molar-refractivity contribution in [1.29, 1.82) is 0 Å². The summed E-state index contributed by atoms with van der Waals surface area (Å²) in [7, 11) is 0. The molecule has 4 rings (SSSR count). The summed E-state index contributed by atoms with van der Waals surface area (Å²) < 4.78 is 36.8. The summed E-state index contributed by atoms with van der Waals surface area (Å²) in [6.07, 6.45) is -2.80. The van der Waals surface area contributed by atoms with Gasteiger partial charge in [-0.15, -0.1) is 0 Å². The highest BCUT2D eigenvalue weighted by molar-refractivity contribution is 6.05. The summed E-state index contributed by atoms with van der Waals surface area (Å²) in [6, 6.07) is 9.11. The predicted molar refractivity (Wildman–Crippen MR) is 104 cm³/mol. The van der Waals surface area contributed by atoms with Gasteiger partial charge in [0.15, 0.2) is 0 Å². The summed E-state index contributed by atoms with van der Waals surface area (Å²) in [5.41, 5.74) is 4.35. The summed E-state index contributed by atoms with van der Waals surface area (Å²) in [5, 5.41) is 12.9. The SMILES string of the molecule is Cc1cc(Nc2cccc3c2C(=O)N(CC(=O)NCC(F)(F)F)C3)cc2cn[nH]c12. The number of hydrogen-bond donors (Lipinski definition) is 3. The van der Waals surface area contributed by atoms with Crippen molar-refractivity contribution >= 4 is 34.1 Å². The van der Waals surface area contributed by atoms with Gasteiger partial charge in [-0.25, -0.2) is 0 Å². The smallest absolute Gasteiger partial charge is 0.355 e. The van der Waals surface area contributed by atoms with Crippen LogP contribution in [-0.2, 0) is 11.3 Å². The van der Waals surface area contributed by atoms with E-state index in [2.05, 4.69) is 15.5 Å². The Morgan fingerprint density at radius 1 is 1.30 bits per heavy atom. The van der Waals surface area contributed by atoms with E-state index >= 15 is 0 Å². The van der Waals surface area contributed by atoms with Gasteiger partial charge in [-0.1, -0.05) is 12.1 Å².